The summed E-state index contributed by atoms with van der Waals surface area (Å²) in [5.41, 5.74) is 1.70. The molecule has 2 heterocycles. The number of ether oxygens (including phenoxy) is 1. The molecule has 2 aliphatic rings. The van der Waals surface area contributed by atoms with Crippen LogP contribution in [0.5, 0.6) is 5.75 Å². The van der Waals surface area contributed by atoms with Gasteiger partial charge in [0.2, 0.25) is 11.8 Å². The number of carbonyl (C=O) groups excluding carboxylic acids is 2. The standard InChI is InChI=1S/C19H27N3O3/c1-12-6-7-17(25-3)15(9-12)21-18(23)16-5-4-8-22(16)19(24)13(2)14-10-20-11-14/h6-7,9,13-14,16,20H,4-5,8,10-11H2,1-3H3,(H,21,23). The van der Waals surface area contributed by atoms with Crippen LogP contribution in [-0.2, 0) is 9.59 Å². The molecule has 25 heavy (non-hydrogen) atoms. The van der Waals surface area contributed by atoms with Gasteiger partial charge in [-0.2, -0.15) is 0 Å². The molecule has 0 radical (unpaired) electrons. The Labute approximate surface area is 148 Å². The number of hydrogen-bond donors (Lipinski definition) is 2. The maximum absolute atomic E-state index is 12.8. The minimum atomic E-state index is -0.395. The molecule has 136 valence electrons. The molecule has 3 rings (SSSR count). The Balaban J connectivity index is 1.70. The maximum Gasteiger partial charge on any atom is 0.247 e. The van der Waals surface area contributed by atoms with Gasteiger partial charge in [0.25, 0.3) is 0 Å². The Kier molecular flexibility index (Phi) is 5.27. The summed E-state index contributed by atoms with van der Waals surface area (Å²) in [7, 11) is 1.58. The van der Waals surface area contributed by atoms with Gasteiger partial charge in [0.1, 0.15) is 11.8 Å². The fourth-order valence-electron chi connectivity index (χ4n) is 3.57. The topological polar surface area (TPSA) is 70.7 Å². The average Bonchev–Trinajstić information content (AvgIpc) is 3.02. The number of amides is 2. The summed E-state index contributed by atoms with van der Waals surface area (Å²) in [4.78, 5) is 27.4. The Morgan fingerprint density at radius 3 is 2.76 bits per heavy atom. The van der Waals surface area contributed by atoms with E-state index in [9.17, 15) is 9.59 Å². The first-order chi connectivity index (χ1) is 12.0. The van der Waals surface area contributed by atoms with Gasteiger partial charge >= 0.3 is 0 Å². The van der Waals surface area contributed by atoms with Crippen molar-refractivity contribution in [1.82, 2.24) is 10.2 Å². The SMILES string of the molecule is COc1ccc(C)cc1NC(=O)C1CCCN1C(=O)C(C)C1CNC1. The second-order valence-corrected chi connectivity index (χ2v) is 7.09. The van der Waals surface area contributed by atoms with Gasteiger partial charge < -0.3 is 20.3 Å². The number of benzene rings is 1. The molecule has 0 bridgehead atoms. The summed E-state index contributed by atoms with van der Waals surface area (Å²) >= 11 is 0. The second-order valence-electron chi connectivity index (χ2n) is 7.09. The number of likely N-dealkylation sites (tertiary alicyclic amines) is 1. The molecule has 2 amide bonds. The van der Waals surface area contributed by atoms with E-state index in [1.165, 1.54) is 0 Å². The molecule has 0 saturated carbocycles. The van der Waals surface area contributed by atoms with Crippen LogP contribution in [-0.4, -0.2) is 49.5 Å². The van der Waals surface area contributed by atoms with Gasteiger partial charge in [-0.25, -0.2) is 0 Å². The van der Waals surface area contributed by atoms with Crippen molar-refractivity contribution in [2.45, 2.75) is 32.7 Å². The number of anilines is 1. The molecule has 2 aliphatic heterocycles. The van der Waals surface area contributed by atoms with Crippen LogP contribution in [0.25, 0.3) is 0 Å². The van der Waals surface area contributed by atoms with Gasteiger partial charge in [0.15, 0.2) is 0 Å². The van der Waals surface area contributed by atoms with Gasteiger partial charge in [-0.15, -0.1) is 0 Å². The van der Waals surface area contributed by atoms with Crippen LogP contribution >= 0.6 is 0 Å². The van der Waals surface area contributed by atoms with Gasteiger partial charge in [-0.1, -0.05) is 13.0 Å². The summed E-state index contributed by atoms with van der Waals surface area (Å²) < 4.78 is 5.33. The van der Waals surface area contributed by atoms with E-state index in [4.69, 9.17) is 4.74 Å². The zero-order valence-electron chi connectivity index (χ0n) is 15.2. The second kappa shape index (κ2) is 7.44. The molecule has 0 aromatic heterocycles. The van der Waals surface area contributed by atoms with Crippen molar-refractivity contribution in [3.8, 4) is 5.75 Å². The monoisotopic (exact) mass is 345 g/mol. The summed E-state index contributed by atoms with van der Waals surface area (Å²) in [6.07, 6.45) is 1.58. The Hall–Kier alpha value is -2.08. The molecule has 2 N–H and O–H groups in total. The van der Waals surface area contributed by atoms with E-state index in [0.717, 1.165) is 25.1 Å². The van der Waals surface area contributed by atoms with Gasteiger partial charge in [-0.05, 0) is 56.5 Å². The van der Waals surface area contributed by atoms with Crippen LogP contribution in [0, 0.1) is 18.8 Å². The van der Waals surface area contributed by atoms with Crippen molar-refractivity contribution < 1.29 is 14.3 Å². The summed E-state index contributed by atoms with van der Waals surface area (Å²) in [6, 6.07) is 5.27. The lowest BCUT2D eigenvalue weighted by Gasteiger charge is -2.35. The predicted octanol–water partition coefficient (Wildman–Crippen LogP) is 1.79. The largest absolute Gasteiger partial charge is 0.495 e. The third-order valence-corrected chi connectivity index (χ3v) is 5.36. The van der Waals surface area contributed by atoms with E-state index < -0.39 is 6.04 Å². The van der Waals surface area contributed by atoms with Gasteiger partial charge in [-0.3, -0.25) is 9.59 Å². The van der Waals surface area contributed by atoms with Crippen LogP contribution in [0.1, 0.15) is 25.3 Å². The average molecular weight is 345 g/mol. The molecule has 2 fully saturated rings. The van der Waals surface area contributed by atoms with E-state index in [1.807, 2.05) is 32.0 Å². The highest BCUT2D eigenvalue weighted by Gasteiger charge is 2.39. The number of rotatable bonds is 5. The van der Waals surface area contributed by atoms with E-state index >= 15 is 0 Å². The van der Waals surface area contributed by atoms with Gasteiger partial charge in [0.05, 0.1) is 12.8 Å². The van der Waals surface area contributed by atoms with E-state index in [1.54, 1.807) is 12.0 Å². The van der Waals surface area contributed by atoms with Crippen LogP contribution in [0.4, 0.5) is 5.69 Å². The molecular formula is C19H27N3O3. The molecule has 2 unspecified atom stereocenters. The Morgan fingerprint density at radius 1 is 1.36 bits per heavy atom. The van der Waals surface area contributed by atoms with Crippen molar-refractivity contribution in [2.75, 3.05) is 32.1 Å². The Bertz CT molecular complexity index is 657. The van der Waals surface area contributed by atoms with Crippen molar-refractivity contribution in [1.29, 1.82) is 0 Å². The van der Waals surface area contributed by atoms with E-state index in [-0.39, 0.29) is 17.7 Å². The van der Waals surface area contributed by atoms with Crippen molar-refractivity contribution in [3.05, 3.63) is 23.8 Å². The molecule has 1 aromatic carbocycles. The number of hydrogen-bond acceptors (Lipinski definition) is 4. The van der Waals surface area contributed by atoms with Crippen molar-refractivity contribution in [2.24, 2.45) is 11.8 Å². The third-order valence-electron chi connectivity index (χ3n) is 5.36. The highest BCUT2D eigenvalue weighted by Crippen LogP contribution is 2.28. The molecule has 0 aliphatic carbocycles. The van der Waals surface area contributed by atoms with Gasteiger partial charge in [0, 0.05) is 12.5 Å². The molecule has 1 aromatic rings. The quantitative estimate of drug-likeness (QED) is 0.854. The Morgan fingerprint density at radius 2 is 2.12 bits per heavy atom. The van der Waals surface area contributed by atoms with Crippen molar-refractivity contribution in [3.63, 3.8) is 0 Å². The molecule has 0 spiro atoms. The zero-order valence-corrected chi connectivity index (χ0v) is 15.2. The number of carbonyl (C=O) groups is 2. The minimum Gasteiger partial charge on any atom is -0.495 e. The number of methoxy groups -OCH3 is 1. The first kappa shape index (κ1) is 17.7. The minimum absolute atomic E-state index is 0.0387. The lowest BCUT2D eigenvalue weighted by Crippen LogP contribution is -2.52. The summed E-state index contributed by atoms with van der Waals surface area (Å²) in [5.74, 6) is 0.939. The normalized spacial score (nSPS) is 21.6. The van der Waals surface area contributed by atoms with E-state index in [0.29, 0.717) is 30.3 Å². The fourth-order valence-corrected chi connectivity index (χ4v) is 3.57. The molecule has 2 atom stereocenters. The lowest BCUT2D eigenvalue weighted by molar-refractivity contribution is -0.141. The summed E-state index contributed by atoms with van der Waals surface area (Å²) in [6.45, 7) is 6.38. The van der Waals surface area contributed by atoms with Crippen LogP contribution < -0.4 is 15.4 Å². The zero-order chi connectivity index (χ0) is 18.0. The van der Waals surface area contributed by atoms with Crippen LogP contribution in [0.2, 0.25) is 0 Å². The fraction of sp³-hybridized carbons (Fsp3) is 0.579. The van der Waals surface area contributed by atoms with Crippen LogP contribution in [0.15, 0.2) is 18.2 Å². The van der Waals surface area contributed by atoms with Crippen LogP contribution in [0.3, 0.4) is 0 Å². The van der Waals surface area contributed by atoms with E-state index in [2.05, 4.69) is 10.6 Å². The third kappa shape index (κ3) is 3.63. The first-order valence-corrected chi connectivity index (χ1v) is 8.98. The highest BCUT2D eigenvalue weighted by atomic mass is 16.5. The molecule has 2 saturated heterocycles. The first-order valence-electron chi connectivity index (χ1n) is 8.98. The maximum atomic E-state index is 12.8. The summed E-state index contributed by atoms with van der Waals surface area (Å²) in [5, 5.41) is 6.16. The lowest BCUT2D eigenvalue weighted by atomic mass is 9.88. The molecular weight excluding hydrogens is 318 g/mol. The number of aryl methyl sites for hydroxylation is 1. The molecule has 6 heteroatoms. The molecule has 6 nitrogen and oxygen atoms in total. The predicted molar refractivity (Wildman–Crippen MR) is 96.6 cm³/mol. The number of nitrogens with one attached hydrogen (secondary N) is 2. The smallest absolute Gasteiger partial charge is 0.247 e. The number of nitrogens with zero attached hydrogens (tertiary/aromatic N) is 1. The highest BCUT2D eigenvalue weighted by molar-refractivity contribution is 5.98. The van der Waals surface area contributed by atoms with Crippen molar-refractivity contribution >= 4 is 17.5 Å².